The first kappa shape index (κ1) is 16.6. The Morgan fingerprint density at radius 2 is 1.96 bits per heavy atom. The number of carbonyl (C=O) groups excluding carboxylic acids is 2. The fraction of sp³-hybridized carbons (Fsp3) is 0.200. The molecule has 2 aromatic rings. The fourth-order valence-electron chi connectivity index (χ4n) is 1.78. The van der Waals surface area contributed by atoms with Crippen molar-refractivity contribution in [3.05, 3.63) is 47.0 Å². The number of hydrogen-bond donors (Lipinski definition) is 3. The van der Waals surface area contributed by atoms with E-state index in [9.17, 15) is 19.5 Å². The number of nitrogens with zero attached hydrogens (tertiary/aromatic N) is 1. The smallest absolute Gasteiger partial charge is 0.330 e. The number of rotatable bonds is 6. The molecule has 2 amide bonds. The van der Waals surface area contributed by atoms with E-state index in [-0.39, 0.29) is 11.6 Å². The molecule has 0 bridgehead atoms. The molecule has 2 rings (SSSR count). The first-order valence-corrected chi connectivity index (χ1v) is 7.73. The molecule has 7 nitrogen and oxygen atoms in total. The number of benzene rings is 1. The van der Waals surface area contributed by atoms with Gasteiger partial charge in [-0.15, -0.1) is 11.3 Å². The number of nitrogens with one attached hydrogen (secondary N) is 2. The van der Waals surface area contributed by atoms with Gasteiger partial charge in [0, 0.05) is 11.8 Å². The zero-order valence-electron chi connectivity index (χ0n) is 12.3. The van der Waals surface area contributed by atoms with Crippen LogP contribution in [0.1, 0.15) is 35.4 Å². The number of amides is 2. The highest BCUT2D eigenvalue weighted by molar-refractivity contribution is 7.14. The summed E-state index contributed by atoms with van der Waals surface area (Å²) in [4.78, 5) is 38.8. The molecule has 1 aromatic heterocycles. The van der Waals surface area contributed by atoms with E-state index in [2.05, 4.69) is 15.6 Å². The number of carboxylic acids is 1. The lowest BCUT2D eigenvalue weighted by Gasteiger charge is -2.13. The predicted octanol–water partition coefficient (Wildman–Crippen LogP) is 2.05. The third-order valence-electron chi connectivity index (χ3n) is 2.96. The molecule has 0 aliphatic rings. The summed E-state index contributed by atoms with van der Waals surface area (Å²) in [6, 6.07) is 7.21. The molecule has 1 unspecified atom stereocenters. The number of hydrogen-bond acceptors (Lipinski definition) is 5. The Bertz CT molecular complexity index is 715. The zero-order valence-corrected chi connectivity index (χ0v) is 13.1. The van der Waals surface area contributed by atoms with Crippen molar-refractivity contribution in [3.63, 3.8) is 0 Å². The van der Waals surface area contributed by atoms with Gasteiger partial charge in [0.2, 0.25) is 5.91 Å². The highest BCUT2D eigenvalue weighted by Crippen LogP contribution is 2.18. The summed E-state index contributed by atoms with van der Waals surface area (Å²) in [6.45, 7) is 1.70. The second kappa shape index (κ2) is 7.50. The van der Waals surface area contributed by atoms with Crippen LogP contribution in [0, 0.1) is 0 Å². The maximum absolute atomic E-state index is 12.2. The van der Waals surface area contributed by atoms with Gasteiger partial charge in [-0.25, -0.2) is 9.78 Å². The Kier molecular flexibility index (Phi) is 5.42. The Morgan fingerprint density at radius 3 is 2.57 bits per heavy atom. The van der Waals surface area contributed by atoms with E-state index in [1.54, 1.807) is 37.3 Å². The van der Waals surface area contributed by atoms with Crippen molar-refractivity contribution in [1.82, 2.24) is 10.3 Å². The van der Waals surface area contributed by atoms with Gasteiger partial charge in [0.15, 0.2) is 11.2 Å². The van der Waals surface area contributed by atoms with Crippen LogP contribution in [0.25, 0.3) is 0 Å². The van der Waals surface area contributed by atoms with Gasteiger partial charge < -0.3 is 15.7 Å². The molecule has 0 spiro atoms. The molecular formula is C15H15N3O4S. The molecular weight excluding hydrogens is 318 g/mol. The summed E-state index contributed by atoms with van der Waals surface area (Å²) >= 11 is 1.10. The normalized spacial score (nSPS) is 11.5. The van der Waals surface area contributed by atoms with Gasteiger partial charge in [-0.2, -0.15) is 0 Å². The molecule has 0 radical (unpaired) electrons. The SMILES string of the molecule is CCC(=O)Nc1nc(C(=O)NC(C(=O)O)c2ccccc2)cs1. The van der Waals surface area contributed by atoms with E-state index >= 15 is 0 Å². The second-order valence-electron chi connectivity index (χ2n) is 4.60. The molecule has 0 fully saturated rings. The molecule has 0 aliphatic heterocycles. The van der Waals surface area contributed by atoms with Crippen LogP contribution in [0.5, 0.6) is 0 Å². The lowest BCUT2D eigenvalue weighted by molar-refractivity contribution is -0.139. The average molecular weight is 333 g/mol. The Labute approximate surface area is 136 Å². The highest BCUT2D eigenvalue weighted by atomic mass is 32.1. The topological polar surface area (TPSA) is 108 Å². The molecule has 8 heteroatoms. The highest BCUT2D eigenvalue weighted by Gasteiger charge is 2.23. The van der Waals surface area contributed by atoms with Gasteiger partial charge in [0.05, 0.1) is 0 Å². The van der Waals surface area contributed by atoms with E-state index in [0.29, 0.717) is 17.1 Å². The first-order valence-electron chi connectivity index (χ1n) is 6.85. The van der Waals surface area contributed by atoms with Crippen molar-refractivity contribution < 1.29 is 19.5 Å². The standard InChI is InChI=1S/C15H15N3O4S/c1-2-11(19)17-15-16-10(8-23-15)13(20)18-12(14(21)22)9-6-4-3-5-7-9/h3-8,12H,2H2,1H3,(H,18,20)(H,21,22)(H,16,17,19). The third-order valence-corrected chi connectivity index (χ3v) is 3.72. The second-order valence-corrected chi connectivity index (χ2v) is 5.45. The number of carboxylic acid groups (broad SMARTS) is 1. The third kappa shape index (κ3) is 4.36. The van der Waals surface area contributed by atoms with Crippen molar-refractivity contribution in [2.75, 3.05) is 5.32 Å². The minimum absolute atomic E-state index is 0.0589. The van der Waals surface area contributed by atoms with Crippen molar-refractivity contribution in [1.29, 1.82) is 0 Å². The van der Waals surface area contributed by atoms with Gasteiger partial charge >= 0.3 is 5.97 Å². The molecule has 0 saturated heterocycles. The summed E-state index contributed by atoms with van der Waals surface area (Å²) < 4.78 is 0. The van der Waals surface area contributed by atoms with Crippen molar-refractivity contribution in [2.24, 2.45) is 0 Å². The van der Waals surface area contributed by atoms with Crippen LogP contribution in [0.4, 0.5) is 5.13 Å². The average Bonchev–Trinajstić information content (AvgIpc) is 3.01. The molecule has 1 aromatic carbocycles. The maximum Gasteiger partial charge on any atom is 0.330 e. The Morgan fingerprint density at radius 1 is 1.26 bits per heavy atom. The van der Waals surface area contributed by atoms with Crippen LogP contribution >= 0.6 is 11.3 Å². The van der Waals surface area contributed by atoms with Crippen LogP contribution in [-0.4, -0.2) is 27.9 Å². The predicted molar refractivity (Wildman–Crippen MR) is 85.3 cm³/mol. The largest absolute Gasteiger partial charge is 0.479 e. The monoisotopic (exact) mass is 333 g/mol. The van der Waals surface area contributed by atoms with Crippen molar-refractivity contribution in [2.45, 2.75) is 19.4 Å². The van der Waals surface area contributed by atoms with Crippen molar-refractivity contribution >= 4 is 34.3 Å². The number of anilines is 1. The van der Waals surface area contributed by atoms with E-state index < -0.39 is 17.9 Å². The van der Waals surface area contributed by atoms with Crippen LogP contribution in [0.3, 0.4) is 0 Å². The molecule has 0 aliphatic carbocycles. The van der Waals surface area contributed by atoms with E-state index in [0.717, 1.165) is 11.3 Å². The zero-order chi connectivity index (χ0) is 16.8. The van der Waals surface area contributed by atoms with E-state index in [4.69, 9.17) is 0 Å². The number of aromatic nitrogens is 1. The van der Waals surface area contributed by atoms with Gasteiger partial charge in [0.1, 0.15) is 5.69 Å². The molecule has 23 heavy (non-hydrogen) atoms. The van der Waals surface area contributed by atoms with Gasteiger partial charge in [-0.05, 0) is 5.56 Å². The molecule has 1 heterocycles. The minimum Gasteiger partial charge on any atom is -0.479 e. The summed E-state index contributed by atoms with van der Waals surface area (Å²) in [5.41, 5.74) is 0.520. The fourth-order valence-corrected chi connectivity index (χ4v) is 2.49. The summed E-state index contributed by atoms with van der Waals surface area (Å²) in [5.74, 6) is -1.99. The Balaban J connectivity index is 2.10. The molecule has 1 atom stereocenters. The van der Waals surface area contributed by atoms with Crippen molar-refractivity contribution in [3.8, 4) is 0 Å². The summed E-state index contributed by atoms with van der Waals surface area (Å²) in [7, 11) is 0. The Hall–Kier alpha value is -2.74. The lowest BCUT2D eigenvalue weighted by Crippen LogP contribution is -2.33. The molecule has 3 N–H and O–H groups in total. The lowest BCUT2D eigenvalue weighted by atomic mass is 10.1. The number of carbonyl (C=O) groups is 3. The summed E-state index contributed by atoms with van der Waals surface area (Å²) in [5, 5.41) is 16.0. The molecule has 0 saturated carbocycles. The van der Waals surface area contributed by atoms with E-state index in [1.807, 2.05) is 0 Å². The number of thiazole rings is 1. The van der Waals surface area contributed by atoms with Crippen LogP contribution in [0.2, 0.25) is 0 Å². The number of aliphatic carboxylic acids is 1. The van der Waals surface area contributed by atoms with Gasteiger partial charge in [0.25, 0.3) is 5.91 Å². The van der Waals surface area contributed by atoms with Crippen LogP contribution < -0.4 is 10.6 Å². The van der Waals surface area contributed by atoms with Gasteiger partial charge in [-0.1, -0.05) is 37.3 Å². The first-order chi connectivity index (χ1) is 11.0. The quantitative estimate of drug-likeness (QED) is 0.750. The van der Waals surface area contributed by atoms with E-state index in [1.165, 1.54) is 5.38 Å². The maximum atomic E-state index is 12.2. The summed E-state index contributed by atoms with van der Waals surface area (Å²) in [6.07, 6.45) is 0.302. The van der Waals surface area contributed by atoms with Gasteiger partial charge in [-0.3, -0.25) is 9.59 Å². The minimum atomic E-state index is -1.17. The van der Waals surface area contributed by atoms with Crippen LogP contribution in [0.15, 0.2) is 35.7 Å². The van der Waals surface area contributed by atoms with Crippen LogP contribution in [-0.2, 0) is 9.59 Å². The molecule has 120 valence electrons.